The summed E-state index contributed by atoms with van der Waals surface area (Å²) in [6.07, 6.45) is 17.4. The molecule has 2 aliphatic rings. The summed E-state index contributed by atoms with van der Waals surface area (Å²) in [4.78, 5) is 10.5. The summed E-state index contributed by atoms with van der Waals surface area (Å²) in [5, 5.41) is 12.6. The first kappa shape index (κ1) is 19.8. The average molecular weight is 338 g/mol. The molecular formula is C21H39NO2. The first-order valence-electron chi connectivity index (χ1n) is 10.7. The number of aliphatic carboxylic acids is 1. The number of hydrogen-bond acceptors (Lipinski definition) is 2. The Morgan fingerprint density at radius 2 is 1.67 bits per heavy atom. The van der Waals surface area contributed by atoms with E-state index in [0.717, 1.165) is 36.6 Å². The monoisotopic (exact) mass is 337 g/mol. The summed E-state index contributed by atoms with van der Waals surface area (Å²) >= 11 is 0. The quantitative estimate of drug-likeness (QED) is 0.418. The maximum Gasteiger partial charge on any atom is 0.303 e. The predicted molar refractivity (Wildman–Crippen MR) is 100 cm³/mol. The van der Waals surface area contributed by atoms with Crippen molar-refractivity contribution in [3.05, 3.63) is 0 Å². The van der Waals surface area contributed by atoms with Crippen molar-refractivity contribution < 1.29 is 9.90 Å². The van der Waals surface area contributed by atoms with Gasteiger partial charge in [0.1, 0.15) is 0 Å². The maximum atomic E-state index is 10.5. The Balaban J connectivity index is 1.59. The van der Waals surface area contributed by atoms with Gasteiger partial charge in [-0.3, -0.25) is 4.79 Å². The Kier molecular flexibility index (Phi) is 9.15. The number of unbranched alkanes of at least 4 members (excludes halogenated alkanes) is 7. The van der Waals surface area contributed by atoms with E-state index in [9.17, 15) is 4.79 Å². The molecule has 0 amide bonds. The van der Waals surface area contributed by atoms with Crippen molar-refractivity contribution >= 4 is 5.97 Å². The van der Waals surface area contributed by atoms with E-state index >= 15 is 0 Å². The van der Waals surface area contributed by atoms with E-state index < -0.39 is 5.97 Å². The molecule has 0 heterocycles. The van der Waals surface area contributed by atoms with Gasteiger partial charge in [0.05, 0.1) is 0 Å². The molecule has 0 aromatic heterocycles. The second-order valence-electron chi connectivity index (χ2n) is 8.24. The molecular weight excluding hydrogens is 298 g/mol. The van der Waals surface area contributed by atoms with Gasteiger partial charge in [-0.05, 0) is 62.8 Å². The summed E-state index contributed by atoms with van der Waals surface area (Å²) in [7, 11) is 0. The number of carboxylic acids is 1. The van der Waals surface area contributed by atoms with Crippen LogP contribution in [0, 0.1) is 17.8 Å². The van der Waals surface area contributed by atoms with E-state index in [1.165, 1.54) is 77.2 Å². The summed E-state index contributed by atoms with van der Waals surface area (Å²) < 4.78 is 0. The molecule has 2 rings (SSSR count). The van der Waals surface area contributed by atoms with Gasteiger partial charge in [-0.1, -0.05) is 51.9 Å². The fourth-order valence-electron chi connectivity index (χ4n) is 5.15. The fourth-order valence-corrected chi connectivity index (χ4v) is 5.15. The molecule has 2 saturated carbocycles. The van der Waals surface area contributed by atoms with Crippen LogP contribution in [0.3, 0.4) is 0 Å². The third-order valence-electron chi connectivity index (χ3n) is 6.43. The zero-order chi connectivity index (χ0) is 17.2. The lowest BCUT2D eigenvalue weighted by Crippen LogP contribution is -2.41. The molecule has 0 spiro atoms. The van der Waals surface area contributed by atoms with Crippen LogP contribution in [-0.2, 0) is 4.79 Å². The molecule has 0 aromatic rings. The van der Waals surface area contributed by atoms with Gasteiger partial charge in [0.2, 0.25) is 0 Å². The number of nitrogens with one attached hydrogen (secondary N) is 1. The number of carboxylic acid groups (broad SMARTS) is 1. The first-order valence-corrected chi connectivity index (χ1v) is 10.7. The number of rotatable bonds is 14. The highest BCUT2D eigenvalue weighted by atomic mass is 16.4. The van der Waals surface area contributed by atoms with Crippen LogP contribution in [0.4, 0.5) is 0 Å². The highest BCUT2D eigenvalue weighted by molar-refractivity contribution is 5.66. The molecule has 0 radical (unpaired) electrons. The van der Waals surface area contributed by atoms with Crippen molar-refractivity contribution in [1.29, 1.82) is 0 Å². The van der Waals surface area contributed by atoms with E-state index in [1.807, 2.05) is 0 Å². The van der Waals surface area contributed by atoms with E-state index in [4.69, 9.17) is 5.11 Å². The Hall–Kier alpha value is -0.570. The van der Waals surface area contributed by atoms with Gasteiger partial charge >= 0.3 is 5.97 Å². The molecule has 3 nitrogen and oxygen atoms in total. The van der Waals surface area contributed by atoms with Crippen molar-refractivity contribution in [1.82, 2.24) is 5.32 Å². The standard InChI is InChI=1S/C21H39NO2/c1-2-3-4-7-10-15-22-21-18-14-13-17(16-18)19(21)11-8-5-6-9-12-20(23)24/h17-19,21-22H,2-16H2,1H3,(H,23,24)/t17-,18+,19+,21+/m1/s1. The van der Waals surface area contributed by atoms with Gasteiger partial charge in [0.15, 0.2) is 0 Å². The topological polar surface area (TPSA) is 49.3 Å². The minimum absolute atomic E-state index is 0.344. The van der Waals surface area contributed by atoms with E-state index in [-0.39, 0.29) is 0 Å². The normalized spacial score (nSPS) is 28.5. The number of fused-ring (bicyclic) bond motifs is 2. The van der Waals surface area contributed by atoms with Crippen LogP contribution in [0.15, 0.2) is 0 Å². The van der Waals surface area contributed by atoms with Crippen LogP contribution in [-0.4, -0.2) is 23.7 Å². The third kappa shape index (κ3) is 6.38. The minimum atomic E-state index is -0.647. The van der Waals surface area contributed by atoms with E-state index in [2.05, 4.69) is 12.2 Å². The van der Waals surface area contributed by atoms with Crippen LogP contribution in [0.1, 0.15) is 96.8 Å². The largest absolute Gasteiger partial charge is 0.481 e. The van der Waals surface area contributed by atoms with Crippen molar-refractivity contribution in [3.63, 3.8) is 0 Å². The fraction of sp³-hybridized carbons (Fsp3) is 0.952. The van der Waals surface area contributed by atoms with Crippen molar-refractivity contribution in [2.45, 2.75) is 103 Å². The van der Waals surface area contributed by atoms with Crippen molar-refractivity contribution in [2.24, 2.45) is 17.8 Å². The van der Waals surface area contributed by atoms with Crippen molar-refractivity contribution in [2.75, 3.05) is 6.54 Å². The Morgan fingerprint density at radius 3 is 2.46 bits per heavy atom. The SMILES string of the molecule is CCCCCCCN[C@H]1[C@H]2CC[C@H](C2)[C@@H]1CCCCCCC(=O)O. The zero-order valence-corrected chi connectivity index (χ0v) is 15.8. The van der Waals surface area contributed by atoms with Crippen LogP contribution in [0.5, 0.6) is 0 Å². The molecule has 140 valence electrons. The van der Waals surface area contributed by atoms with Gasteiger partial charge in [-0.2, -0.15) is 0 Å². The number of hydrogen-bond donors (Lipinski definition) is 2. The molecule has 24 heavy (non-hydrogen) atoms. The van der Waals surface area contributed by atoms with E-state index in [1.54, 1.807) is 0 Å². The lowest BCUT2D eigenvalue weighted by atomic mass is 9.81. The second-order valence-corrected chi connectivity index (χ2v) is 8.24. The summed E-state index contributed by atoms with van der Waals surface area (Å²) in [5.41, 5.74) is 0. The molecule has 0 aromatic carbocycles. The third-order valence-corrected chi connectivity index (χ3v) is 6.43. The minimum Gasteiger partial charge on any atom is -0.481 e. The predicted octanol–water partition coefficient (Wildman–Crippen LogP) is 5.39. The molecule has 0 aliphatic heterocycles. The molecule has 2 aliphatic carbocycles. The highest BCUT2D eigenvalue weighted by Crippen LogP contribution is 2.50. The van der Waals surface area contributed by atoms with Gasteiger partial charge in [0, 0.05) is 12.5 Å². The van der Waals surface area contributed by atoms with Crippen molar-refractivity contribution in [3.8, 4) is 0 Å². The molecule has 3 heteroatoms. The summed E-state index contributed by atoms with van der Waals surface area (Å²) in [6, 6.07) is 0.786. The van der Waals surface area contributed by atoms with Crippen LogP contribution in [0.2, 0.25) is 0 Å². The molecule has 4 atom stereocenters. The van der Waals surface area contributed by atoms with Crippen LogP contribution < -0.4 is 5.32 Å². The Bertz CT molecular complexity index is 358. The summed E-state index contributed by atoms with van der Waals surface area (Å²) in [5.74, 6) is 2.18. The first-order chi connectivity index (χ1) is 11.7. The van der Waals surface area contributed by atoms with Gasteiger partial charge in [-0.15, -0.1) is 0 Å². The lowest BCUT2D eigenvalue weighted by Gasteiger charge is -2.32. The second kappa shape index (κ2) is 11.1. The average Bonchev–Trinajstić information content (AvgIpc) is 3.15. The van der Waals surface area contributed by atoms with Crippen LogP contribution in [0.25, 0.3) is 0 Å². The smallest absolute Gasteiger partial charge is 0.303 e. The Morgan fingerprint density at radius 1 is 0.958 bits per heavy atom. The molecule has 2 N–H and O–H groups in total. The van der Waals surface area contributed by atoms with Crippen LogP contribution >= 0.6 is 0 Å². The summed E-state index contributed by atoms with van der Waals surface area (Å²) in [6.45, 7) is 3.49. The van der Waals surface area contributed by atoms with E-state index in [0.29, 0.717) is 6.42 Å². The Labute approximate surface area is 149 Å². The molecule has 2 fully saturated rings. The molecule has 2 bridgehead atoms. The molecule has 0 unspecified atom stereocenters. The number of carbonyl (C=O) groups is 1. The zero-order valence-electron chi connectivity index (χ0n) is 15.8. The van der Waals surface area contributed by atoms with Gasteiger partial charge in [0.25, 0.3) is 0 Å². The van der Waals surface area contributed by atoms with Gasteiger partial charge in [-0.25, -0.2) is 0 Å². The highest BCUT2D eigenvalue weighted by Gasteiger charge is 2.46. The van der Waals surface area contributed by atoms with Gasteiger partial charge < -0.3 is 10.4 Å². The maximum absolute atomic E-state index is 10.5. The molecule has 0 saturated heterocycles. The lowest BCUT2D eigenvalue weighted by molar-refractivity contribution is -0.137.